The average molecular weight is 476 g/mol. The minimum atomic E-state index is -0.0125. The van der Waals surface area contributed by atoms with Gasteiger partial charge in [0.2, 0.25) is 0 Å². The number of pyridine rings is 1. The van der Waals surface area contributed by atoms with Gasteiger partial charge in [-0.05, 0) is 34.7 Å². The number of nitrogens with zero attached hydrogens (tertiary/aromatic N) is 6. The van der Waals surface area contributed by atoms with E-state index in [-0.39, 0.29) is 17.2 Å². The topological polar surface area (TPSA) is 82.1 Å². The monoisotopic (exact) mass is 475 g/mol. The lowest BCUT2D eigenvalue weighted by Gasteiger charge is -2.26. The van der Waals surface area contributed by atoms with Gasteiger partial charge >= 0.3 is 0 Å². The van der Waals surface area contributed by atoms with E-state index in [0.717, 1.165) is 28.2 Å². The molecule has 0 saturated carbocycles. The molecule has 3 aromatic rings. The van der Waals surface area contributed by atoms with Crippen LogP contribution in [0, 0.1) is 17.2 Å². The Labute approximate surface area is 201 Å². The number of aryl methyl sites for hydroxylation is 1. The highest BCUT2D eigenvalue weighted by atomic mass is 35.5. The largest absolute Gasteiger partial charge is 0.298 e. The predicted molar refractivity (Wildman–Crippen MR) is 131 cm³/mol. The van der Waals surface area contributed by atoms with Gasteiger partial charge < -0.3 is 0 Å². The second kappa shape index (κ2) is 9.40. The van der Waals surface area contributed by atoms with Crippen molar-refractivity contribution in [2.24, 2.45) is 10.9 Å². The number of hydrazine groups is 1. The van der Waals surface area contributed by atoms with Gasteiger partial charge in [0, 0.05) is 41.5 Å². The van der Waals surface area contributed by atoms with Crippen LogP contribution in [0.1, 0.15) is 29.0 Å². The molecule has 166 valence electrons. The molecule has 1 aromatic carbocycles. The van der Waals surface area contributed by atoms with Crippen LogP contribution in [-0.4, -0.2) is 32.7 Å². The first-order chi connectivity index (χ1) is 16.2. The maximum Gasteiger partial charge on any atom is 0.125 e. The van der Waals surface area contributed by atoms with Crippen molar-refractivity contribution in [1.29, 1.82) is 5.26 Å². The number of hydrogen-bond acceptors (Lipinski definition) is 7. The van der Waals surface area contributed by atoms with Crippen molar-refractivity contribution in [2.45, 2.75) is 24.3 Å². The van der Waals surface area contributed by atoms with Crippen molar-refractivity contribution in [3.8, 4) is 17.2 Å². The van der Waals surface area contributed by atoms with E-state index in [1.165, 1.54) is 0 Å². The first kappa shape index (κ1) is 21.7. The Hall–Kier alpha value is -3.12. The predicted octanol–water partition coefficient (Wildman–Crippen LogP) is 4.98. The number of halogens is 1. The minimum Gasteiger partial charge on any atom is -0.298 e. The fourth-order valence-corrected chi connectivity index (χ4v) is 5.80. The number of benzene rings is 1. The molecule has 2 aromatic heterocycles. The molecule has 3 atom stereocenters. The van der Waals surface area contributed by atoms with E-state index in [0.29, 0.717) is 18.0 Å². The maximum absolute atomic E-state index is 8.80. The smallest absolute Gasteiger partial charge is 0.125 e. The van der Waals surface area contributed by atoms with Crippen molar-refractivity contribution < 1.29 is 0 Å². The Morgan fingerprint density at radius 3 is 2.94 bits per heavy atom. The number of amidine groups is 1. The fourth-order valence-electron chi connectivity index (χ4n) is 4.34. The number of aliphatic imine (C=N–C) groups is 1. The molecule has 2 aliphatic rings. The second-order valence-corrected chi connectivity index (χ2v) is 9.37. The lowest BCUT2D eigenvalue weighted by Crippen LogP contribution is -2.31. The summed E-state index contributed by atoms with van der Waals surface area (Å²) in [5.74, 6) is 1.03. The molecule has 0 radical (unpaired) electrons. The van der Waals surface area contributed by atoms with E-state index in [4.69, 9.17) is 21.9 Å². The Morgan fingerprint density at radius 2 is 2.15 bits per heavy atom. The third kappa shape index (κ3) is 4.27. The first-order valence-corrected chi connectivity index (χ1v) is 12.0. The molecule has 1 saturated heterocycles. The Balaban J connectivity index is 1.48. The molecule has 2 aliphatic heterocycles. The highest BCUT2D eigenvalue weighted by Crippen LogP contribution is 2.49. The summed E-state index contributed by atoms with van der Waals surface area (Å²) in [5.41, 5.74) is 7.54. The molecule has 4 heterocycles. The van der Waals surface area contributed by atoms with Crippen LogP contribution in [0.5, 0.6) is 0 Å². The number of nitriles is 1. The molecular weight excluding hydrogens is 454 g/mol. The van der Waals surface area contributed by atoms with Gasteiger partial charge in [-0.3, -0.25) is 14.7 Å². The van der Waals surface area contributed by atoms with E-state index < -0.39 is 0 Å². The number of aromatic nitrogens is 3. The lowest BCUT2D eigenvalue weighted by molar-refractivity contribution is 0.344. The molecule has 0 amide bonds. The Bertz CT molecular complexity index is 1250. The highest BCUT2D eigenvalue weighted by Gasteiger charge is 2.44. The summed E-state index contributed by atoms with van der Waals surface area (Å²) >= 11 is 8.60. The van der Waals surface area contributed by atoms with Crippen LogP contribution in [0.4, 0.5) is 0 Å². The van der Waals surface area contributed by atoms with Gasteiger partial charge in [-0.1, -0.05) is 29.8 Å². The van der Waals surface area contributed by atoms with E-state index in [1.807, 2.05) is 66.5 Å². The summed E-state index contributed by atoms with van der Waals surface area (Å²) in [5, 5.41) is 17.9. The number of rotatable bonds is 5. The molecular formula is C24H22ClN7S. The van der Waals surface area contributed by atoms with Gasteiger partial charge in [-0.2, -0.15) is 10.4 Å². The molecule has 0 aliphatic carbocycles. The zero-order chi connectivity index (χ0) is 22.8. The normalized spacial score (nSPS) is 21.9. The summed E-state index contributed by atoms with van der Waals surface area (Å²) < 4.78 is 1.78. The van der Waals surface area contributed by atoms with Crippen molar-refractivity contribution in [1.82, 2.24) is 25.2 Å². The van der Waals surface area contributed by atoms with Gasteiger partial charge in [0.25, 0.3) is 0 Å². The van der Waals surface area contributed by atoms with Crippen LogP contribution in [0.2, 0.25) is 5.02 Å². The third-order valence-electron chi connectivity index (χ3n) is 5.89. The fraction of sp³-hybridized carbons (Fsp3) is 0.250. The summed E-state index contributed by atoms with van der Waals surface area (Å²) in [7, 11) is 1.99. The molecule has 3 unspecified atom stereocenters. The highest BCUT2D eigenvalue weighted by molar-refractivity contribution is 8.02. The summed E-state index contributed by atoms with van der Waals surface area (Å²) in [6, 6.07) is 14.3. The molecule has 0 bridgehead atoms. The van der Waals surface area contributed by atoms with E-state index >= 15 is 0 Å². The van der Waals surface area contributed by atoms with Crippen LogP contribution >= 0.6 is 23.4 Å². The SMILES string of the molecule is CN1NC(c2ccccn2)C2C1=NC=CSC2c1ccc(-c2cnn(CCC#N)c2)cc1Cl. The second-order valence-electron chi connectivity index (χ2n) is 7.91. The number of nitrogens with one attached hydrogen (secondary N) is 1. The van der Waals surface area contributed by atoms with Crippen molar-refractivity contribution in [3.05, 3.63) is 82.9 Å². The Morgan fingerprint density at radius 1 is 1.24 bits per heavy atom. The first-order valence-electron chi connectivity index (χ1n) is 10.6. The Kier molecular flexibility index (Phi) is 6.18. The average Bonchev–Trinajstić information content (AvgIpc) is 3.36. The van der Waals surface area contributed by atoms with Crippen molar-refractivity contribution >= 4 is 29.2 Å². The molecule has 1 fully saturated rings. The number of fused-ring (bicyclic) bond motifs is 1. The van der Waals surface area contributed by atoms with Crippen LogP contribution in [0.15, 0.2) is 71.6 Å². The molecule has 5 rings (SSSR count). The number of thioether (sulfide) groups is 1. The minimum absolute atomic E-state index is 0.0125. The van der Waals surface area contributed by atoms with E-state index in [1.54, 1.807) is 16.4 Å². The molecule has 7 nitrogen and oxygen atoms in total. The van der Waals surface area contributed by atoms with Crippen LogP contribution < -0.4 is 5.43 Å². The molecule has 1 N–H and O–H groups in total. The van der Waals surface area contributed by atoms with Crippen molar-refractivity contribution in [2.75, 3.05) is 7.05 Å². The van der Waals surface area contributed by atoms with Gasteiger partial charge in [0.15, 0.2) is 0 Å². The van der Waals surface area contributed by atoms with Crippen LogP contribution in [-0.2, 0) is 6.54 Å². The molecule has 9 heteroatoms. The van der Waals surface area contributed by atoms with E-state index in [9.17, 15) is 0 Å². The lowest BCUT2D eigenvalue weighted by atomic mass is 9.89. The quantitative estimate of drug-likeness (QED) is 0.560. The van der Waals surface area contributed by atoms with Gasteiger partial charge in [-0.15, -0.1) is 11.8 Å². The van der Waals surface area contributed by atoms with Crippen LogP contribution in [0.25, 0.3) is 11.1 Å². The van der Waals surface area contributed by atoms with E-state index in [2.05, 4.69) is 33.7 Å². The standard InChI is InChI=1S/C24H22ClN7S/c1-31-24-21(22(30-31)20-5-2-3-9-27-20)23(33-12-10-28-24)18-7-6-16(13-19(18)25)17-14-29-32(15-17)11-4-8-26/h2-3,5-7,9-10,12-15,21-23,30H,4,11H2,1H3. The molecule has 33 heavy (non-hydrogen) atoms. The zero-order valence-electron chi connectivity index (χ0n) is 18.0. The summed E-state index contributed by atoms with van der Waals surface area (Å²) in [6.45, 7) is 0.576. The third-order valence-corrected chi connectivity index (χ3v) is 7.33. The maximum atomic E-state index is 8.80. The van der Waals surface area contributed by atoms with Gasteiger partial charge in [0.1, 0.15) is 5.84 Å². The number of hydrogen-bond donors (Lipinski definition) is 1. The molecule has 0 spiro atoms. The zero-order valence-corrected chi connectivity index (χ0v) is 19.5. The van der Waals surface area contributed by atoms with Crippen LogP contribution in [0.3, 0.4) is 0 Å². The summed E-state index contributed by atoms with van der Waals surface area (Å²) in [6.07, 6.45) is 7.86. The van der Waals surface area contributed by atoms with Gasteiger partial charge in [-0.25, -0.2) is 10.4 Å². The van der Waals surface area contributed by atoms with Crippen molar-refractivity contribution in [3.63, 3.8) is 0 Å². The summed E-state index contributed by atoms with van der Waals surface area (Å²) in [4.78, 5) is 9.32. The van der Waals surface area contributed by atoms with Gasteiger partial charge in [0.05, 0.1) is 42.9 Å².